The van der Waals surface area contributed by atoms with Crippen molar-refractivity contribution in [3.05, 3.63) is 35.4 Å². The average molecular weight is 372 g/mol. The number of methoxy groups -OCH3 is 1. The lowest BCUT2D eigenvalue weighted by Gasteiger charge is -2.31. The maximum atomic E-state index is 12.7. The van der Waals surface area contributed by atoms with Gasteiger partial charge in [0.2, 0.25) is 0 Å². The van der Waals surface area contributed by atoms with Crippen molar-refractivity contribution in [1.82, 2.24) is 10.2 Å². The maximum absolute atomic E-state index is 12.7. The number of nitrogens with zero attached hydrogens (tertiary/aromatic N) is 1. The molecule has 8 heteroatoms. The Bertz CT molecular complexity index is 793. The second-order valence-corrected chi connectivity index (χ2v) is 6.36. The third-order valence-electron chi connectivity index (χ3n) is 4.60. The van der Waals surface area contributed by atoms with E-state index in [-0.39, 0.29) is 18.2 Å². The normalized spacial score (nSPS) is 19.4. The monoisotopic (exact) mass is 372 g/mol. The number of esters is 1. The summed E-state index contributed by atoms with van der Waals surface area (Å²) in [7, 11) is 1.27. The standard InChI is InChI=1S/C19H20N2O6/c1-26-16(22)11-27-14-8-6-12(7-9-14)10-15-17(23)20-19(25)21(18(15)24)13-4-2-3-5-13/h6-10,13H,2-5,11H2,1H3,(H,20,23,25)/b15-10+. The number of nitrogens with one attached hydrogen (secondary N) is 1. The number of rotatable bonds is 5. The zero-order valence-electron chi connectivity index (χ0n) is 14.9. The second-order valence-electron chi connectivity index (χ2n) is 6.36. The van der Waals surface area contributed by atoms with E-state index < -0.39 is 23.8 Å². The molecule has 1 N–H and O–H groups in total. The van der Waals surface area contributed by atoms with Crippen LogP contribution in [0.1, 0.15) is 31.2 Å². The molecule has 1 aliphatic carbocycles. The van der Waals surface area contributed by atoms with E-state index in [2.05, 4.69) is 10.1 Å². The molecule has 0 radical (unpaired) electrons. The van der Waals surface area contributed by atoms with Crippen LogP contribution in [-0.4, -0.2) is 48.5 Å². The summed E-state index contributed by atoms with van der Waals surface area (Å²) in [5.41, 5.74) is 0.518. The molecular formula is C19H20N2O6. The van der Waals surface area contributed by atoms with Crippen LogP contribution in [0.5, 0.6) is 5.75 Å². The molecule has 1 aliphatic heterocycles. The predicted octanol–water partition coefficient (Wildman–Crippen LogP) is 1.64. The highest BCUT2D eigenvalue weighted by Gasteiger charge is 2.40. The number of urea groups is 1. The lowest BCUT2D eigenvalue weighted by Crippen LogP contribution is -2.57. The summed E-state index contributed by atoms with van der Waals surface area (Å²) < 4.78 is 9.74. The van der Waals surface area contributed by atoms with Gasteiger partial charge in [0.05, 0.1) is 7.11 Å². The van der Waals surface area contributed by atoms with Crippen LogP contribution >= 0.6 is 0 Å². The Labute approximate surface area is 156 Å². The minimum atomic E-state index is -0.703. The average Bonchev–Trinajstić information content (AvgIpc) is 3.18. The zero-order chi connectivity index (χ0) is 19.4. The molecule has 142 valence electrons. The van der Waals surface area contributed by atoms with Crippen LogP contribution < -0.4 is 10.1 Å². The summed E-state index contributed by atoms with van der Waals surface area (Å²) in [5.74, 6) is -1.32. The van der Waals surface area contributed by atoms with Crippen LogP contribution in [0.2, 0.25) is 0 Å². The van der Waals surface area contributed by atoms with Gasteiger partial charge in [-0.25, -0.2) is 9.59 Å². The van der Waals surface area contributed by atoms with Crippen molar-refractivity contribution in [2.45, 2.75) is 31.7 Å². The number of carbonyl (C=O) groups excluding carboxylic acids is 4. The molecule has 0 spiro atoms. The molecule has 1 aromatic carbocycles. The van der Waals surface area contributed by atoms with Crippen molar-refractivity contribution >= 4 is 29.9 Å². The summed E-state index contributed by atoms with van der Waals surface area (Å²) in [4.78, 5) is 49.2. The number of benzene rings is 1. The third-order valence-corrected chi connectivity index (χ3v) is 4.60. The first-order valence-corrected chi connectivity index (χ1v) is 8.70. The Kier molecular flexibility index (Phi) is 5.54. The lowest BCUT2D eigenvalue weighted by molar-refractivity contribution is -0.143. The number of imide groups is 2. The smallest absolute Gasteiger partial charge is 0.343 e. The lowest BCUT2D eigenvalue weighted by atomic mass is 10.1. The van der Waals surface area contributed by atoms with Gasteiger partial charge in [-0.3, -0.25) is 19.8 Å². The van der Waals surface area contributed by atoms with Gasteiger partial charge in [0.1, 0.15) is 11.3 Å². The van der Waals surface area contributed by atoms with Crippen molar-refractivity contribution in [3.63, 3.8) is 0 Å². The minimum Gasteiger partial charge on any atom is -0.482 e. The first-order chi connectivity index (χ1) is 13.0. The van der Waals surface area contributed by atoms with Gasteiger partial charge < -0.3 is 9.47 Å². The molecule has 4 amide bonds. The molecule has 1 saturated heterocycles. The predicted molar refractivity (Wildman–Crippen MR) is 94.6 cm³/mol. The fourth-order valence-corrected chi connectivity index (χ4v) is 3.19. The molecule has 0 atom stereocenters. The Balaban J connectivity index is 1.76. The highest BCUT2D eigenvalue weighted by Crippen LogP contribution is 2.27. The first kappa shape index (κ1) is 18.6. The summed E-state index contributed by atoms with van der Waals surface area (Å²) in [5, 5.41) is 2.24. The van der Waals surface area contributed by atoms with Crippen LogP contribution in [0.3, 0.4) is 0 Å². The van der Waals surface area contributed by atoms with Gasteiger partial charge >= 0.3 is 12.0 Å². The van der Waals surface area contributed by atoms with Gasteiger partial charge in [0.15, 0.2) is 6.61 Å². The van der Waals surface area contributed by atoms with E-state index in [1.807, 2.05) is 0 Å². The number of barbiturate groups is 1. The van der Waals surface area contributed by atoms with Gasteiger partial charge in [0, 0.05) is 6.04 Å². The molecule has 0 unspecified atom stereocenters. The van der Waals surface area contributed by atoms with Crippen molar-refractivity contribution < 1.29 is 28.7 Å². The van der Waals surface area contributed by atoms with Crippen LogP contribution in [0.25, 0.3) is 6.08 Å². The van der Waals surface area contributed by atoms with Gasteiger partial charge in [-0.2, -0.15) is 0 Å². The maximum Gasteiger partial charge on any atom is 0.343 e. The topological polar surface area (TPSA) is 102 Å². The van der Waals surface area contributed by atoms with Crippen molar-refractivity contribution in [2.24, 2.45) is 0 Å². The Morgan fingerprint density at radius 3 is 2.48 bits per heavy atom. The molecule has 2 aliphatic rings. The van der Waals surface area contributed by atoms with Gasteiger partial charge in [-0.05, 0) is 36.6 Å². The summed E-state index contributed by atoms with van der Waals surface area (Å²) in [6.07, 6.45) is 4.87. The van der Waals surface area contributed by atoms with Crippen LogP contribution in [0.15, 0.2) is 29.8 Å². The van der Waals surface area contributed by atoms with Gasteiger partial charge in [-0.15, -0.1) is 0 Å². The molecule has 27 heavy (non-hydrogen) atoms. The molecule has 1 heterocycles. The van der Waals surface area contributed by atoms with Crippen molar-refractivity contribution in [2.75, 3.05) is 13.7 Å². The third kappa shape index (κ3) is 4.16. The molecule has 3 rings (SSSR count). The fraction of sp³-hybridized carbons (Fsp3) is 0.368. The molecule has 2 fully saturated rings. The number of ether oxygens (including phenoxy) is 2. The summed E-state index contributed by atoms with van der Waals surface area (Å²) in [6, 6.07) is 5.71. The van der Waals surface area contributed by atoms with Crippen LogP contribution in [0, 0.1) is 0 Å². The molecule has 0 bridgehead atoms. The SMILES string of the molecule is COC(=O)COc1ccc(/C=C2\C(=O)NC(=O)N(C3CCCC3)C2=O)cc1. The van der Waals surface area contributed by atoms with E-state index in [0.29, 0.717) is 11.3 Å². The van der Waals surface area contributed by atoms with Gasteiger partial charge in [-0.1, -0.05) is 25.0 Å². The molecule has 0 aromatic heterocycles. The largest absolute Gasteiger partial charge is 0.482 e. The Morgan fingerprint density at radius 1 is 1.19 bits per heavy atom. The molecule has 8 nitrogen and oxygen atoms in total. The van der Waals surface area contributed by atoms with E-state index in [0.717, 1.165) is 30.6 Å². The number of hydrogen-bond acceptors (Lipinski definition) is 6. The Morgan fingerprint density at radius 2 is 1.85 bits per heavy atom. The summed E-state index contributed by atoms with van der Waals surface area (Å²) >= 11 is 0. The van der Waals surface area contributed by atoms with E-state index in [1.165, 1.54) is 13.2 Å². The zero-order valence-corrected chi connectivity index (χ0v) is 14.9. The first-order valence-electron chi connectivity index (χ1n) is 8.70. The van der Waals surface area contributed by atoms with Crippen LogP contribution in [0.4, 0.5) is 4.79 Å². The van der Waals surface area contributed by atoms with E-state index in [4.69, 9.17) is 4.74 Å². The quantitative estimate of drug-likeness (QED) is 0.479. The van der Waals surface area contributed by atoms with E-state index in [1.54, 1.807) is 24.3 Å². The number of hydrogen-bond donors (Lipinski definition) is 1. The second kappa shape index (κ2) is 8.03. The highest BCUT2D eigenvalue weighted by molar-refractivity contribution is 6.31. The van der Waals surface area contributed by atoms with Crippen LogP contribution in [-0.2, 0) is 19.1 Å². The van der Waals surface area contributed by atoms with Gasteiger partial charge in [0.25, 0.3) is 11.8 Å². The van der Waals surface area contributed by atoms with Crippen molar-refractivity contribution in [3.8, 4) is 5.75 Å². The van der Waals surface area contributed by atoms with E-state index in [9.17, 15) is 19.2 Å². The van der Waals surface area contributed by atoms with E-state index >= 15 is 0 Å². The number of amides is 4. The number of carbonyl (C=O) groups is 4. The minimum absolute atomic E-state index is 0.0790. The summed E-state index contributed by atoms with van der Waals surface area (Å²) in [6.45, 7) is -0.212. The Hall–Kier alpha value is -3.16. The molecule has 1 saturated carbocycles. The van der Waals surface area contributed by atoms with Crippen molar-refractivity contribution in [1.29, 1.82) is 0 Å². The fourth-order valence-electron chi connectivity index (χ4n) is 3.19. The highest BCUT2D eigenvalue weighted by atomic mass is 16.6. The molecular weight excluding hydrogens is 352 g/mol. The molecule has 1 aromatic rings.